The van der Waals surface area contributed by atoms with E-state index >= 15 is 0 Å². The number of fused-ring (bicyclic) bond motifs is 2. The Hall–Kier alpha value is -2.24. The lowest BCUT2D eigenvalue weighted by atomic mass is 9.99. The van der Waals surface area contributed by atoms with E-state index < -0.39 is 0 Å². The quantitative estimate of drug-likeness (QED) is 0.901. The number of methoxy groups -OCH3 is 1. The molecule has 2 fully saturated rings. The molecule has 24 heavy (non-hydrogen) atoms. The summed E-state index contributed by atoms with van der Waals surface area (Å²) in [6, 6.07) is 5.99. The molecule has 0 bridgehead atoms. The van der Waals surface area contributed by atoms with E-state index in [0.29, 0.717) is 19.5 Å². The summed E-state index contributed by atoms with van der Waals surface area (Å²) < 4.78 is 5.25. The summed E-state index contributed by atoms with van der Waals surface area (Å²) in [5.74, 6) is 0.995. The summed E-state index contributed by atoms with van der Waals surface area (Å²) in [5, 5.41) is 3.11. The number of benzene rings is 1. The molecule has 6 nitrogen and oxygen atoms in total. The van der Waals surface area contributed by atoms with Gasteiger partial charge in [-0.1, -0.05) is 6.07 Å². The third-order valence-corrected chi connectivity index (χ3v) is 5.46. The lowest BCUT2D eigenvalue weighted by Crippen LogP contribution is -2.50. The first kappa shape index (κ1) is 15.3. The SMILES string of the molecule is COc1ccc2c(c1)CN(C(=O)NC1CC(=O)N3CCCCC13)C2. The Morgan fingerprint density at radius 2 is 2.08 bits per heavy atom. The molecule has 0 spiro atoms. The van der Waals surface area contributed by atoms with Crippen molar-refractivity contribution >= 4 is 11.9 Å². The van der Waals surface area contributed by atoms with Crippen molar-refractivity contribution in [3.63, 3.8) is 0 Å². The van der Waals surface area contributed by atoms with E-state index in [9.17, 15) is 9.59 Å². The van der Waals surface area contributed by atoms with Gasteiger partial charge in [-0.15, -0.1) is 0 Å². The van der Waals surface area contributed by atoms with Crippen LogP contribution in [0.2, 0.25) is 0 Å². The highest BCUT2D eigenvalue weighted by Gasteiger charge is 2.42. The molecule has 4 rings (SSSR count). The van der Waals surface area contributed by atoms with Gasteiger partial charge >= 0.3 is 6.03 Å². The van der Waals surface area contributed by atoms with Crippen LogP contribution in [0.4, 0.5) is 4.79 Å². The van der Waals surface area contributed by atoms with Crippen molar-refractivity contribution in [3.8, 4) is 5.75 Å². The van der Waals surface area contributed by atoms with E-state index in [-0.39, 0.29) is 24.0 Å². The van der Waals surface area contributed by atoms with Gasteiger partial charge in [-0.2, -0.15) is 0 Å². The second-order valence-corrected chi connectivity index (χ2v) is 6.90. The normalized spacial score (nSPS) is 25.5. The van der Waals surface area contributed by atoms with Crippen LogP contribution in [0.1, 0.15) is 36.8 Å². The molecule has 2 unspecified atom stereocenters. The van der Waals surface area contributed by atoms with Crippen molar-refractivity contribution in [2.45, 2.75) is 50.9 Å². The summed E-state index contributed by atoms with van der Waals surface area (Å²) in [7, 11) is 1.65. The van der Waals surface area contributed by atoms with Crippen LogP contribution < -0.4 is 10.1 Å². The van der Waals surface area contributed by atoms with Gasteiger partial charge in [0.1, 0.15) is 5.75 Å². The fraction of sp³-hybridized carbons (Fsp3) is 0.556. The van der Waals surface area contributed by atoms with Crippen LogP contribution in [0, 0.1) is 0 Å². The fourth-order valence-electron chi connectivity index (χ4n) is 4.17. The van der Waals surface area contributed by atoms with Crippen LogP contribution >= 0.6 is 0 Å². The van der Waals surface area contributed by atoms with Crippen molar-refractivity contribution in [2.24, 2.45) is 0 Å². The first-order valence-corrected chi connectivity index (χ1v) is 8.66. The predicted octanol–water partition coefficient (Wildman–Crippen LogP) is 1.87. The molecule has 0 radical (unpaired) electrons. The monoisotopic (exact) mass is 329 g/mol. The van der Waals surface area contributed by atoms with Crippen molar-refractivity contribution in [1.29, 1.82) is 0 Å². The van der Waals surface area contributed by atoms with Crippen molar-refractivity contribution in [3.05, 3.63) is 29.3 Å². The third kappa shape index (κ3) is 2.60. The Kier molecular flexibility index (Phi) is 3.82. The summed E-state index contributed by atoms with van der Waals surface area (Å²) in [6.07, 6.45) is 3.64. The summed E-state index contributed by atoms with van der Waals surface area (Å²) in [6.45, 7) is 2.04. The number of carbonyl (C=O) groups is 2. The largest absolute Gasteiger partial charge is 0.497 e. The van der Waals surface area contributed by atoms with Gasteiger partial charge in [0.25, 0.3) is 0 Å². The molecule has 3 amide bonds. The smallest absolute Gasteiger partial charge is 0.318 e. The Balaban J connectivity index is 1.41. The first-order chi connectivity index (χ1) is 11.7. The number of nitrogens with zero attached hydrogens (tertiary/aromatic N) is 2. The highest BCUT2D eigenvalue weighted by molar-refractivity contribution is 5.82. The van der Waals surface area contributed by atoms with E-state index in [1.165, 1.54) is 0 Å². The summed E-state index contributed by atoms with van der Waals surface area (Å²) >= 11 is 0. The molecule has 3 aliphatic heterocycles. The minimum absolute atomic E-state index is 0.0523. The van der Waals surface area contributed by atoms with Gasteiger partial charge in [-0.05, 0) is 42.5 Å². The molecule has 3 heterocycles. The molecule has 6 heteroatoms. The number of rotatable bonds is 2. The molecule has 2 atom stereocenters. The minimum atomic E-state index is -0.0737. The maximum Gasteiger partial charge on any atom is 0.318 e. The number of nitrogens with one attached hydrogen (secondary N) is 1. The zero-order valence-corrected chi connectivity index (χ0v) is 14.0. The van der Waals surface area contributed by atoms with E-state index in [1.54, 1.807) is 12.0 Å². The number of carbonyl (C=O) groups excluding carboxylic acids is 2. The van der Waals surface area contributed by atoms with Crippen LogP contribution in [0.5, 0.6) is 5.75 Å². The lowest BCUT2D eigenvalue weighted by Gasteiger charge is -2.33. The molecule has 3 aliphatic rings. The van der Waals surface area contributed by atoms with Gasteiger partial charge < -0.3 is 19.9 Å². The highest BCUT2D eigenvalue weighted by atomic mass is 16.5. The zero-order valence-electron chi connectivity index (χ0n) is 14.0. The topological polar surface area (TPSA) is 61.9 Å². The second-order valence-electron chi connectivity index (χ2n) is 6.90. The van der Waals surface area contributed by atoms with E-state index in [1.807, 2.05) is 23.1 Å². The fourth-order valence-corrected chi connectivity index (χ4v) is 4.17. The van der Waals surface area contributed by atoms with Crippen LogP contribution in [0.3, 0.4) is 0 Å². The molecule has 1 aromatic rings. The first-order valence-electron chi connectivity index (χ1n) is 8.66. The molecule has 2 saturated heterocycles. The number of piperidine rings is 1. The third-order valence-electron chi connectivity index (χ3n) is 5.46. The molecule has 1 aromatic carbocycles. The van der Waals surface area contributed by atoms with Crippen LogP contribution in [0.25, 0.3) is 0 Å². The average Bonchev–Trinajstić information content (AvgIpc) is 3.16. The standard InChI is InChI=1S/C18H23N3O3/c1-24-14-6-5-12-10-20(11-13(12)8-14)18(23)19-15-9-17(22)21-7-3-2-4-16(15)21/h5-6,8,15-16H,2-4,7,9-11H2,1H3,(H,19,23). The van der Waals surface area contributed by atoms with Crippen LogP contribution in [0.15, 0.2) is 18.2 Å². The van der Waals surface area contributed by atoms with Crippen molar-refractivity contribution < 1.29 is 14.3 Å². The molecule has 128 valence electrons. The van der Waals surface area contributed by atoms with Crippen molar-refractivity contribution in [1.82, 2.24) is 15.1 Å². The van der Waals surface area contributed by atoms with E-state index in [2.05, 4.69) is 5.32 Å². The zero-order chi connectivity index (χ0) is 16.7. The number of hydrogen-bond acceptors (Lipinski definition) is 3. The maximum absolute atomic E-state index is 12.7. The average molecular weight is 329 g/mol. The number of urea groups is 1. The lowest BCUT2D eigenvalue weighted by molar-refractivity contribution is -0.129. The van der Waals surface area contributed by atoms with Crippen LogP contribution in [-0.2, 0) is 17.9 Å². The molecular formula is C18H23N3O3. The minimum Gasteiger partial charge on any atom is -0.497 e. The second kappa shape index (κ2) is 6.00. The Morgan fingerprint density at radius 1 is 1.25 bits per heavy atom. The van der Waals surface area contributed by atoms with Gasteiger partial charge in [0.15, 0.2) is 0 Å². The van der Waals surface area contributed by atoms with Crippen molar-refractivity contribution in [2.75, 3.05) is 13.7 Å². The van der Waals surface area contributed by atoms with Gasteiger partial charge in [0.05, 0.1) is 19.2 Å². The maximum atomic E-state index is 12.7. The predicted molar refractivity (Wildman–Crippen MR) is 88.5 cm³/mol. The van der Waals surface area contributed by atoms with Gasteiger partial charge in [-0.25, -0.2) is 4.79 Å². The van der Waals surface area contributed by atoms with Gasteiger partial charge in [-0.3, -0.25) is 4.79 Å². The summed E-state index contributed by atoms with van der Waals surface area (Å²) in [4.78, 5) is 28.5. The molecule has 0 aliphatic carbocycles. The molecule has 0 aromatic heterocycles. The molecule has 1 N–H and O–H groups in total. The Labute approximate surface area is 141 Å². The number of amides is 3. The summed E-state index contributed by atoms with van der Waals surface area (Å²) in [5.41, 5.74) is 2.29. The number of ether oxygens (including phenoxy) is 1. The van der Waals surface area contributed by atoms with E-state index in [0.717, 1.165) is 42.7 Å². The van der Waals surface area contributed by atoms with Crippen LogP contribution in [-0.4, -0.2) is 47.5 Å². The molecular weight excluding hydrogens is 306 g/mol. The Morgan fingerprint density at radius 3 is 2.92 bits per heavy atom. The van der Waals surface area contributed by atoms with Gasteiger partial charge in [0.2, 0.25) is 5.91 Å². The Bertz CT molecular complexity index is 675. The number of hydrogen-bond donors (Lipinski definition) is 1. The van der Waals surface area contributed by atoms with E-state index in [4.69, 9.17) is 4.74 Å². The molecule has 0 saturated carbocycles. The highest BCUT2D eigenvalue weighted by Crippen LogP contribution is 2.30. The van der Waals surface area contributed by atoms with Gasteiger partial charge in [0, 0.05) is 26.1 Å².